The Bertz CT molecular complexity index is 298. The van der Waals surface area contributed by atoms with E-state index in [4.69, 9.17) is 5.11 Å². The molecule has 1 atom stereocenters. The zero-order chi connectivity index (χ0) is 11.1. The number of likely N-dealkylation sites (N-methyl/N-ethyl adjacent to an activating group) is 1. The molecule has 0 aliphatic heterocycles. The van der Waals surface area contributed by atoms with E-state index in [-0.39, 0.29) is 0 Å². The van der Waals surface area contributed by atoms with Crippen LogP contribution < -0.4 is 5.32 Å². The molecule has 0 amide bonds. The molecule has 1 aromatic rings. The zero-order valence-corrected chi connectivity index (χ0v) is 8.94. The Balaban J connectivity index is 2.43. The van der Waals surface area contributed by atoms with E-state index in [0.717, 1.165) is 6.42 Å². The van der Waals surface area contributed by atoms with Crippen molar-refractivity contribution in [2.75, 3.05) is 6.54 Å². The van der Waals surface area contributed by atoms with Gasteiger partial charge in [0, 0.05) is 0 Å². The number of aliphatic carboxylic acids is 1. The third-order valence-corrected chi connectivity index (χ3v) is 2.31. The van der Waals surface area contributed by atoms with Crippen molar-refractivity contribution in [3.63, 3.8) is 0 Å². The molecule has 0 saturated heterocycles. The zero-order valence-electron chi connectivity index (χ0n) is 8.94. The molecular formula is C12H17NO2. The van der Waals surface area contributed by atoms with Gasteiger partial charge in [0.25, 0.3) is 0 Å². The first kappa shape index (κ1) is 11.7. The van der Waals surface area contributed by atoms with Crippen LogP contribution in [-0.2, 0) is 11.2 Å². The maximum Gasteiger partial charge on any atom is 0.320 e. The monoisotopic (exact) mass is 207 g/mol. The third kappa shape index (κ3) is 4.13. The van der Waals surface area contributed by atoms with E-state index in [0.29, 0.717) is 13.0 Å². The molecule has 0 spiro atoms. The van der Waals surface area contributed by atoms with Gasteiger partial charge in [-0.1, -0.05) is 37.3 Å². The molecule has 15 heavy (non-hydrogen) atoms. The van der Waals surface area contributed by atoms with E-state index in [9.17, 15) is 4.79 Å². The first-order valence-electron chi connectivity index (χ1n) is 5.24. The summed E-state index contributed by atoms with van der Waals surface area (Å²) in [6, 6.07) is 9.50. The van der Waals surface area contributed by atoms with Crippen molar-refractivity contribution in [1.29, 1.82) is 0 Å². The summed E-state index contributed by atoms with van der Waals surface area (Å²) in [6.07, 6.45) is 1.43. The molecule has 0 saturated carbocycles. The van der Waals surface area contributed by atoms with Gasteiger partial charge in [0.05, 0.1) is 0 Å². The van der Waals surface area contributed by atoms with Gasteiger partial charge < -0.3 is 10.4 Å². The Labute approximate surface area is 90.1 Å². The number of hydrogen-bond donors (Lipinski definition) is 2. The predicted octanol–water partition coefficient (Wildman–Crippen LogP) is 1.68. The van der Waals surface area contributed by atoms with Crippen molar-refractivity contribution in [2.45, 2.75) is 25.8 Å². The maximum absolute atomic E-state index is 10.8. The minimum atomic E-state index is -0.771. The average molecular weight is 207 g/mol. The topological polar surface area (TPSA) is 49.3 Å². The molecular weight excluding hydrogens is 190 g/mol. The Hall–Kier alpha value is -1.35. The van der Waals surface area contributed by atoms with E-state index in [1.54, 1.807) is 0 Å². The smallest absolute Gasteiger partial charge is 0.320 e. The molecule has 0 fully saturated rings. The summed E-state index contributed by atoms with van der Waals surface area (Å²) in [4.78, 5) is 10.8. The molecule has 0 aliphatic rings. The van der Waals surface area contributed by atoms with Crippen LogP contribution in [-0.4, -0.2) is 23.7 Å². The normalized spacial score (nSPS) is 12.3. The van der Waals surface area contributed by atoms with Gasteiger partial charge in [-0.25, -0.2) is 0 Å². The molecule has 1 rings (SSSR count). The lowest BCUT2D eigenvalue weighted by atomic mass is 10.1. The largest absolute Gasteiger partial charge is 0.480 e. The van der Waals surface area contributed by atoms with Crippen LogP contribution in [0.1, 0.15) is 18.9 Å². The van der Waals surface area contributed by atoms with Crippen LogP contribution in [0.4, 0.5) is 0 Å². The number of carboxylic acids is 1. The van der Waals surface area contributed by atoms with Crippen LogP contribution in [0.3, 0.4) is 0 Å². The molecule has 0 bridgehead atoms. The van der Waals surface area contributed by atoms with Gasteiger partial charge in [-0.3, -0.25) is 4.79 Å². The summed E-state index contributed by atoms with van der Waals surface area (Å²) in [7, 11) is 0. The van der Waals surface area contributed by atoms with Gasteiger partial charge in [-0.15, -0.1) is 0 Å². The fraction of sp³-hybridized carbons (Fsp3) is 0.417. The molecule has 3 nitrogen and oxygen atoms in total. The number of carboxylic acid groups (broad SMARTS) is 1. The highest BCUT2D eigenvalue weighted by Crippen LogP contribution is 2.05. The van der Waals surface area contributed by atoms with Gasteiger partial charge >= 0.3 is 5.97 Å². The lowest BCUT2D eigenvalue weighted by Gasteiger charge is -2.12. The van der Waals surface area contributed by atoms with Gasteiger partial charge in [0.15, 0.2) is 0 Å². The van der Waals surface area contributed by atoms with Gasteiger partial charge in [-0.2, -0.15) is 0 Å². The van der Waals surface area contributed by atoms with Crippen molar-refractivity contribution >= 4 is 5.97 Å². The molecule has 2 N–H and O–H groups in total. The lowest BCUT2D eigenvalue weighted by molar-refractivity contribution is -0.139. The molecule has 0 radical (unpaired) electrons. The number of hydrogen-bond acceptors (Lipinski definition) is 2. The Morgan fingerprint density at radius 3 is 2.60 bits per heavy atom. The summed E-state index contributed by atoms with van der Waals surface area (Å²) >= 11 is 0. The summed E-state index contributed by atoms with van der Waals surface area (Å²) in [5.41, 5.74) is 1.18. The van der Waals surface area contributed by atoms with Crippen LogP contribution in [0, 0.1) is 0 Å². The van der Waals surface area contributed by atoms with Gasteiger partial charge in [0.2, 0.25) is 0 Å². The molecule has 0 aromatic heterocycles. The first-order valence-corrected chi connectivity index (χ1v) is 5.24. The average Bonchev–Trinajstić information content (AvgIpc) is 2.25. The van der Waals surface area contributed by atoms with Crippen molar-refractivity contribution in [2.24, 2.45) is 0 Å². The minimum absolute atomic E-state index is 0.435. The minimum Gasteiger partial charge on any atom is -0.480 e. The molecule has 0 aliphatic carbocycles. The van der Waals surface area contributed by atoms with Gasteiger partial charge in [0.1, 0.15) is 6.04 Å². The summed E-state index contributed by atoms with van der Waals surface area (Å²) in [5, 5.41) is 11.9. The summed E-state index contributed by atoms with van der Waals surface area (Å²) in [5.74, 6) is -0.771. The molecule has 82 valence electrons. The highest BCUT2D eigenvalue weighted by molar-refractivity contribution is 5.73. The molecule has 0 heterocycles. The van der Waals surface area contributed by atoms with E-state index in [2.05, 4.69) is 5.32 Å². The van der Waals surface area contributed by atoms with E-state index >= 15 is 0 Å². The fourth-order valence-electron chi connectivity index (χ4n) is 1.51. The van der Waals surface area contributed by atoms with E-state index in [1.165, 1.54) is 5.56 Å². The van der Waals surface area contributed by atoms with Crippen LogP contribution in [0.5, 0.6) is 0 Å². The molecule has 3 heteroatoms. The number of nitrogens with one attached hydrogen (secondary N) is 1. The first-order chi connectivity index (χ1) is 7.24. The highest BCUT2D eigenvalue weighted by atomic mass is 16.4. The second-order valence-electron chi connectivity index (χ2n) is 3.47. The second kappa shape index (κ2) is 6.19. The van der Waals surface area contributed by atoms with E-state index < -0.39 is 12.0 Å². The molecule has 1 aromatic carbocycles. The third-order valence-electron chi connectivity index (χ3n) is 2.31. The SMILES string of the molecule is CCNC(CCc1ccccc1)C(=O)O. The molecule has 1 unspecified atom stereocenters. The number of benzene rings is 1. The highest BCUT2D eigenvalue weighted by Gasteiger charge is 2.14. The Morgan fingerprint density at radius 1 is 1.40 bits per heavy atom. The number of rotatable bonds is 6. The van der Waals surface area contributed by atoms with Crippen LogP contribution in [0.25, 0.3) is 0 Å². The Morgan fingerprint density at radius 2 is 2.07 bits per heavy atom. The van der Waals surface area contributed by atoms with Crippen LogP contribution in [0.2, 0.25) is 0 Å². The predicted molar refractivity (Wildman–Crippen MR) is 59.9 cm³/mol. The summed E-state index contributed by atoms with van der Waals surface area (Å²) in [6.45, 7) is 2.60. The standard InChI is InChI=1S/C12H17NO2/c1-2-13-11(12(14)15)9-8-10-6-4-3-5-7-10/h3-7,11,13H,2,8-9H2,1H3,(H,14,15). The maximum atomic E-state index is 10.8. The quantitative estimate of drug-likeness (QED) is 0.746. The number of carbonyl (C=O) groups is 1. The van der Waals surface area contributed by atoms with Crippen LogP contribution >= 0.6 is 0 Å². The summed E-state index contributed by atoms with van der Waals surface area (Å²) < 4.78 is 0. The van der Waals surface area contributed by atoms with Crippen LogP contribution in [0.15, 0.2) is 30.3 Å². The van der Waals surface area contributed by atoms with Gasteiger partial charge in [-0.05, 0) is 24.9 Å². The van der Waals surface area contributed by atoms with Crippen molar-refractivity contribution in [1.82, 2.24) is 5.32 Å². The van der Waals surface area contributed by atoms with E-state index in [1.807, 2.05) is 37.3 Å². The second-order valence-corrected chi connectivity index (χ2v) is 3.47. The fourth-order valence-corrected chi connectivity index (χ4v) is 1.51. The number of aryl methyl sites for hydroxylation is 1. The van der Waals surface area contributed by atoms with Crippen molar-refractivity contribution in [3.05, 3.63) is 35.9 Å². The van der Waals surface area contributed by atoms with Crippen molar-refractivity contribution < 1.29 is 9.90 Å². The van der Waals surface area contributed by atoms with Crippen molar-refractivity contribution in [3.8, 4) is 0 Å². The Kier molecular flexibility index (Phi) is 4.84. The lowest BCUT2D eigenvalue weighted by Crippen LogP contribution is -2.36.